The van der Waals surface area contributed by atoms with Gasteiger partial charge < -0.3 is 14.9 Å². The molecule has 0 heterocycles. The molecule has 0 radical (unpaired) electrons. The lowest BCUT2D eigenvalue weighted by Gasteiger charge is -2.17. The normalized spacial score (nSPS) is 12.0. The van der Waals surface area contributed by atoms with E-state index < -0.39 is 31.2 Å². The fourth-order valence-electron chi connectivity index (χ4n) is 2.24. The van der Waals surface area contributed by atoms with E-state index in [-0.39, 0.29) is 5.78 Å². The van der Waals surface area contributed by atoms with Crippen molar-refractivity contribution in [2.45, 2.75) is 18.9 Å². The molecular weight excluding hydrogens is 308 g/mol. The molecule has 0 aliphatic heterocycles. The minimum Gasteiger partial charge on any atom is -0.457 e. The van der Waals surface area contributed by atoms with Crippen LogP contribution in [0.4, 0.5) is 0 Å². The molecule has 2 aromatic rings. The Morgan fingerprint density at radius 3 is 2.21 bits per heavy atom. The van der Waals surface area contributed by atoms with E-state index in [1.54, 1.807) is 55.5 Å². The van der Waals surface area contributed by atoms with Crippen LogP contribution in [0.1, 0.15) is 34.3 Å². The van der Waals surface area contributed by atoms with E-state index in [1.165, 1.54) is 0 Å². The lowest BCUT2D eigenvalue weighted by Crippen LogP contribution is -2.28. The zero-order valence-electron chi connectivity index (χ0n) is 13.4. The number of ether oxygens (including phenoxy) is 1. The summed E-state index contributed by atoms with van der Waals surface area (Å²) in [4.78, 5) is 24.6. The van der Waals surface area contributed by atoms with Crippen LogP contribution in [0.15, 0.2) is 54.6 Å². The van der Waals surface area contributed by atoms with Crippen LogP contribution in [0.3, 0.4) is 0 Å². The van der Waals surface area contributed by atoms with E-state index in [9.17, 15) is 9.59 Å². The molecule has 5 heteroatoms. The largest absolute Gasteiger partial charge is 0.457 e. The van der Waals surface area contributed by atoms with Gasteiger partial charge in [-0.25, -0.2) is 0 Å². The van der Waals surface area contributed by atoms with E-state index >= 15 is 0 Å². The third-order valence-electron chi connectivity index (χ3n) is 3.73. The Labute approximate surface area is 140 Å². The molecule has 0 fully saturated rings. The Morgan fingerprint density at radius 1 is 0.958 bits per heavy atom. The second-order valence-corrected chi connectivity index (χ2v) is 5.47. The SMILES string of the molecule is C[C@H](C(=O)OC(CO)CO)c1cccc(C(=O)c2ccccc2)c1. The number of rotatable bonds is 7. The van der Waals surface area contributed by atoms with Crippen LogP contribution in [0.5, 0.6) is 0 Å². The summed E-state index contributed by atoms with van der Waals surface area (Å²) >= 11 is 0. The molecule has 24 heavy (non-hydrogen) atoms. The maximum Gasteiger partial charge on any atom is 0.313 e. The molecule has 0 aromatic heterocycles. The number of carbonyl (C=O) groups is 2. The molecule has 2 rings (SSSR count). The predicted octanol–water partition coefficient (Wildman–Crippen LogP) is 1.92. The van der Waals surface area contributed by atoms with Crippen LogP contribution < -0.4 is 0 Å². The fraction of sp³-hybridized carbons (Fsp3) is 0.263. The number of ketones is 1. The summed E-state index contributed by atoms with van der Waals surface area (Å²) in [5.41, 5.74) is 1.70. The van der Waals surface area contributed by atoms with Crippen molar-refractivity contribution in [1.29, 1.82) is 0 Å². The molecule has 0 aliphatic rings. The van der Waals surface area contributed by atoms with Crippen LogP contribution in [0, 0.1) is 0 Å². The third-order valence-corrected chi connectivity index (χ3v) is 3.73. The number of hydrogen-bond donors (Lipinski definition) is 2. The molecule has 2 N–H and O–H groups in total. The Morgan fingerprint density at radius 2 is 1.58 bits per heavy atom. The highest BCUT2D eigenvalue weighted by atomic mass is 16.6. The molecule has 0 spiro atoms. The van der Waals surface area contributed by atoms with Crippen LogP contribution in [0.2, 0.25) is 0 Å². The molecule has 0 bridgehead atoms. The van der Waals surface area contributed by atoms with Crippen molar-refractivity contribution in [3.8, 4) is 0 Å². The molecule has 0 saturated carbocycles. The fourth-order valence-corrected chi connectivity index (χ4v) is 2.24. The van der Waals surface area contributed by atoms with Crippen molar-refractivity contribution < 1.29 is 24.5 Å². The summed E-state index contributed by atoms with van der Waals surface area (Å²) in [6.45, 7) is 0.767. The molecular formula is C19H20O5. The molecule has 0 aliphatic carbocycles. The van der Waals surface area contributed by atoms with Crippen molar-refractivity contribution in [2.75, 3.05) is 13.2 Å². The second-order valence-electron chi connectivity index (χ2n) is 5.47. The first-order chi connectivity index (χ1) is 11.6. The van der Waals surface area contributed by atoms with E-state index in [0.717, 1.165) is 0 Å². The average molecular weight is 328 g/mol. The van der Waals surface area contributed by atoms with E-state index in [1.807, 2.05) is 6.07 Å². The van der Waals surface area contributed by atoms with Crippen molar-refractivity contribution in [2.24, 2.45) is 0 Å². The number of aliphatic hydroxyl groups excluding tert-OH is 2. The topological polar surface area (TPSA) is 83.8 Å². The first kappa shape index (κ1) is 17.8. The molecule has 1 atom stereocenters. The highest BCUT2D eigenvalue weighted by Crippen LogP contribution is 2.20. The van der Waals surface area contributed by atoms with Gasteiger partial charge in [-0.15, -0.1) is 0 Å². The van der Waals surface area contributed by atoms with E-state index in [0.29, 0.717) is 16.7 Å². The van der Waals surface area contributed by atoms with Gasteiger partial charge in [-0.05, 0) is 18.6 Å². The average Bonchev–Trinajstić information content (AvgIpc) is 2.65. The number of esters is 1. The van der Waals surface area contributed by atoms with Gasteiger partial charge >= 0.3 is 5.97 Å². The maximum atomic E-state index is 12.5. The first-order valence-electron chi connectivity index (χ1n) is 7.68. The minimum atomic E-state index is -0.936. The van der Waals surface area contributed by atoms with Crippen molar-refractivity contribution in [3.05, 3.63) is 71.3 Å². The number of carbonyl (C=O) groups excluding carboxylic acids is 2. The summed E-state index contributed by atoms with van der Waals surface area (Å²) in [6.07, 6.45) is -0.936. The summed E-state index contributed by atoms with van der Waals surface area (Å²) in [5, 5.41) is 18.0. The number of aliphatic hydroxyl groups is 2. The lowest BCUT2D eigenvalue weighted by atomic mass is 9.96. The Hall–Kier alpha value is -2.50. The quantitative estimate of drug-likeness (QED) is 0.599. The second kappa shape index (κ2) is 8.38. The lowest BCUT2D eigenvalue weighted by molar-refractivity contribution is -0.154. The molecule has 0 saturated heterocycles. The summed E-state index contributed by atoms with van der Waals surface area (Å²) in [7, 11) is 0. The Kier molecular flexibility index (Phi) is 6.23. The van der Waals surface area contributed by atoms with E-state index in [2.05, 4.69) is 0 Å². The van der Waals surface area contributed by atoms with Crippen LogP contribution in [-0.4, -0.2) is 41.3 Å². The highest BCUT2D eigenvalue weighted by molar-refractivity contribution is 6.09. The maximum absolute atomic E-state index is 12.5. The monoisotopic (exact) mass is 328 g/mol. The zero-order chi connectivity index (χ0) is 17.5. The van der Waals surface area contributed by atoms with Crippen molar-refractivity contribution in [3.63, 3.8) is 0 Å². The molecule has 0 unspecified atom stereocenters. The predicted molar refractivity (Wildman–Crippen MR) is 88.8 cm³/mol. The van der Waals surface area contributed by atoms with Gasteiger partial charge in [-0.1, -0.05) is 48.5 Å². The molecule has 126 valence electrons. The van der Waals surface area contributed by atoms with Gasteiger partial charge in [0.05, 0.1) is 19.1 Å². The Bertz CT molecular complexity index is 692. The molecule has 2 aromatic carbocycles. The van der Waals surface area contributed by atoms with Gasteiger partial charge in [0.25, 0.3) is 0 Å². The van der Waals surface area contributed by atoms with Gasteiger partial charge in [0.15, 0.2) is 5.78 Å². The van der Waals surface area contributed by atoms with Gasteiger partial charge in [0.1, 0.15) is 6.10 Å². The van der Waals surface area contributed by atoms with Crippen LogP contribution in [-0.2, 0) is 9.53 Å². The standard InChI is InChI=1S/C19H20O5/c1-13(19(23)24-17(11-20)12-21)15-8-5-9-16(10-15)18(22)14-6-3-2-4-7-14/h2-10,13,17,20-21H,11-12H2,1H3/t13-/m0/s1. The molecule has 5 nitrogen and oxygen atoms in total. The Balaban J connectivity index is 2.17. The molecule has 0 amide bonds. The minimum absolute atomic E-state index is 0.124. The van der Waals surface area contributed by atoms with Crippen molar-refractivity contribution in [1.82, 2.24) is 0 Å². The van der Waals surface area contributed by atoms with Gasteiger partial charge in [0.2, 0.25) is 0 Å². The van der Waals surface area contributed by atoms with Gasteiger partial charge in [-0.3, -0.25) is 9.59 Å². The summed E-state index contributed by atoms with van der Waals surface area (Å²) in [5.74, 6) is -1.30. The van der Waals surface area contributed by atoms with Gasteiger partial charge in [0, 0.05) is 11.1 Å². The zero-order valence-corrected chi connectivity index (χ0v) is 13.4. The van der Waals surface area contributed by atoms with Crippen LogP contribution >= 0.6 is 0 Å². The van der Waals surface area contributed by atoms with Crippen LogP contribution in [0.25, 0.3) is 0 Å². The van der Waals surface area contributed by atoms with Gasteiger partial charge in [-0.2, -0.15) is 0 Å². The first-order valence-corrected chi connectivity index (χ1v) is 7.68. The number of benzene rings is 2. The number of hydrogen-bond acceptors (Lipinski definition) is 5. The summed E-state index contributed by atoms with van der Waals surface area (Å²) < 4.78 is 5.03. The van der Waals surface area contributed by atoms with E-state index in [4.69, 9.17) is 14.9 Å². The summed E-state index contributed by atoms with van der Waals surface area (Å²) in [6, 6.07) is 15.7. The smallest absolute Gasteiger partial charge is 0.313 e. The highest BCUT2D eigenvalue weighted by Gasteiger charge is 2.21. The van der Waals surface area contributed by atoms with Crippen molar-refractivity contribution >= 4 is 11.8 Å². The third kappa shape index (κ3) is 4.28.